The second kappa shape index (κ2) is 7.98. The lowest BCUT2D eigenvalue weighted by Gasteiger charge is -2.15. The molecular weight excluding hydrogens is 330 g/mol. The van der Waals surface area contributed by atoms with Crippen LogP contribution in [0.2, 0.25) is 0 Å². The molecule has 1 heterocycles. The molecule has 8 heteroatoms. The Morgan fingerprint density at radius 1 is 1.12 bits per heavy atom. The minimum Gasteiger partial charge on any atom is -0.469 e. The minimum atomic E-state index is -3.55. The molecule has 0 fully saturated rings. The van der Waals surface area contributed by atoms with Gasteiger partial charge in [0, 0.05) is 33.6 Å². The molecule has 130 valence electrons. The van der Waals surface area contributed by atoms with Crippen molar-refractivity contribution in [3.8, 4) is 0 Å². The minimum absolute atomic E-state index is 0.121. The van der Waals surface area contributed by atoms with E-state index >= 15 is 0 Å². The molecule has 1 aromatic heterocycles. The van der Waals surface area contributed by atoms with Gasteiger partial charge in [0.05, 0.1) is 11.2 Å². The summed E-state index contributed by atoms with van der Waals surface area (Å²) in [5, 5.41) is 5.37. The number of nitrogens with zero attached hydrogens (tertiary/aromatic N) is 1. The van der Waals surface area contributed by atoms with Crippen LogP contribution in [0.15, 0.2) is 52.0 Å². The van der Waals surface area contributed by atoms with E-state index < -0.39 is 10.0 Å². The van der Waals surface area contributed by atoms with E-state index in [0.717, 1.165) is 10.1 Å². The van der Waals surface area contributed by atoms with E-state index in [0.29, 0.717) is 18.5 Å². The van der Waals surface area contributed by atoms with Crippen molar-refractivity contribution in [2.45, 2.75) is 17.9 Å². The van der Waals surface area contributed by atoms with Crippen molar-refractivity contribution < 1.29 is 17.6 Å². The molecule has 7 nitrogen and oxygen atoms in total. The molecule has 2 N–H and O–H groups in total. The molecule has 0 unspecified atom stereocenters. The predicted octanol–water partition coefficient (Wildman–Crippen LogP) is 1.57. The quantitative estimate of drug-likeness (QED) is 0.792. The van der Waals surface area contributed by atoms with Gasteiger partial charge in [-0.25, -0.2) is 17.5 Å². The van der Waals surface area contributed by atoms with Crippen LogP contribution in [0.5, 0.6) is 0 Å². The molecule has 0 spiro atoms. The van der Waals surface area contributed by atoms with E-state index in [4.69, 9.17) is 4.42 Å². The van der Waals surface area contributed by atoms with E-state index in [1.54, 1.807) is 30.5 Å². The smallest absolute Gasteiger partial charge is 0.315 e. The van der Waals surface area contributed by atoms with Crippen molar-refractivity contribution in [3.63, 3.8) is 0 Å². The Balaban J connectivity index is 1.91. The van der Waals surface area contributed by atoms with Crippen molar-refractivity contribution in [2.75, 3.05) is 20.6 Å². The molecule has 2 amide bonds. The van der Waals surface area contributed by atoms with Gasteiger partial charge in [0.2, 0.25) is 10.0 Å². The third kappa shape index (κ3) is 4.59. The van der Waals surface area contributed by atoms with Gasteiger partial charge in [-0.1, -0.05) is 18.2 Å². The molecule has 0 aliphatic heterocycles. The average Bonchev–Trinajstić information content (AvgIpc) is 3.06. The second-order valence-corrected chi connectivity index (χ2v) is 7.45. The lowest BCUT2D eigenvalue weighted by Crippen LogP contribution is -2.36. The molecular formula is C16H21N3O4S. The number of amides is 2. The van der Waals surface area contributed by atoms with Gasteiger partial charge in [-0.05, 0) is 23.8 Å². The van der Waals surface area contributed by atoms with Crippen LogP contribution < -0.4 is 10.6 Å². The molecule has 0 atom stereocenters. The molecule has 0 bridgehead atoms. The number of carbonyl (C=O) groups excluding carboxylic acids is 1. The number of urea groups is 1. The molecule has 24 heavy (non-hydrogen) atoms. The Kier molecular flexibility index (Phi) is 5.99. The van der Waals surface area contributed by atoms with Crippen LogP contribution in [0.4, 0.5) is 4.79 Å². The second-order valence-electron chi connectivity index (χ2n) is 5.33. The van der Waals surface area contributed by atoms with Crippen LogP contribution in [0.1, 0.15) is 11.3 Å². The number of carbonyl (C=O) groups is 1. The fraction of sp³-hybridized carbons (Fsp3) is 0.312. The van der Waals surface area contributed by atoms with E-state index in [9.17, 15) is 13.2 Å². The molecule has 0 aliphatic rings. The largest absolute Gasteiger partial charge is 0.469 e. The van der Waals surface area contributed by atoms with E-state index in [-0.39, 0.29) is 17.5 Å². The summed E-state index contributed by atoms with van der Waals surface area (Å²) in [6.07, 6.45) is 2.17. The van der Waals surface area contributed by atoms with Crippen LogP contribution in [0, 0.1) is 0 Å². The zero-order valence-electron chi connectivity index (χ0n) is 13.7. The standard InChI is InChI=1S/C16H21N3O4S/c1-19(2)24(21,22)15-8-4-3-6-13(15)12-18-16(20)17-10-9-14-7-5-11-23-14/h3-8,11H,9-10,12H2,1-2H3,(H2,17,18,20). The van der Waals surface area contributed by atoms with Crippen molar-refractivity contribution in [3.05, 3.63) is 54.0 Å². The maximum absolute atomic E-state index is 12.3. The summed E-state index contributed by atoms with van der Waals surface area (Å²) in [6.45, 7) is 0.548. The predicted molar refractivity (Wildman–Crippen MR) is 90.0 cm³/mol. The van der Waals surface area contributed by atoms with Gasteiger partial charge in [-0.2, -0.15) is 0 Å². The molecule has 0 saturated carbocycles. The van der Waals surface area contributed by atoms with Crippen molar-refractivity contribution >= 4 is 16.1 Å². The van der Waals surface area contributed by atoms with Crippen LogP contribution >= 0.6 is 0 Å². The van der Waals surface area contributed by atoms with E-state index in [1.165, 1.54) is 20.2 Å². The summed E-state index contributed by atoms with van der Waals surface area (Å²) in [5.41, 5.74) is 0.535. The van der Waals surface area contributed by atoms with Gasteiger partial charge in [0.1, 0.15) is 5.76 Å². The number of benzene rings is 1. The number of sulfonamides is 1. The molecule has 0 radical (unpaired) electrons. The molecule has 2 aromatic rings. The van der Waals surface area contributed by atoms with Gasteiger partial charge in [0.25, 0.3) is 0 Å². The molecule has 2 rings (SSSR count). The number of nitrogens with one attached hydrogen (secondary N) is 2. The summed E-state index contributed by atoms with van der Waals surface area (Å²) >= 11 is 0. The highest BCUT2D eigenvalue weighted by Gasteiger charge is 2.20. The third-order valence-corrected chi connectivity index (χ3v) is 5.32. The molecule has 0 aliphatic carbocycles. The Morgan fingerprint density at radius 2 is 1.88 bits per heavy atom. The summed E-state index contributed by atoms with van der Waals surface area (Å²) in [6, 6.07) is 9.86. The summed E-state index contributed by atoms with van der Waals surface area (Å²) in [5.74, 6) is 0.790. The topological polar surface area (TPSA) is 91.7 Å². The summed E-state index contributed by atoms with van der Waals surface area (Å²) in [4.78, 5) is 12.0. The van der Waals surface area contributed by atoms with Crippen molar-refractivity contribution in [1.82, 2.24) is 14.9 Å². The zero-order valence-corrected chi connectivity index (χ0v) is 14.5. The first kappa shape index (κ1) is 18.0. The molecule has 0 saturated heterocycles. The highest BCUT2D eigenvalue weighted by molar-refractivity contribution is 7.89. The highest BCUT2D eigenvalue weighted by atomic mass is 32.2. The average molecular weight is 351 g/mol. The van der Waals surface area contributed by atoms with Crippen LogP contribution in [-0.4, -0.2) is 39.4 Å². The number of furan rings is 1. The van der Waals surface area contributed by atoms with E-state index in [2.05, 4.69) is 10.6 Å². The first-order chi connectivity index (χ1) is 11.4. The van der Waals surface area contributed by atoms with Crippen LogP contribution in [-0.2, 0) is 23.0 Å². The fourth-order valence-corrected chi connectivity index (χ4v) is 3.21. The Hall–Kier alpha value is -2.32. The lowest BCUT2D eigenvalue weighted by molar-refractivity contribution is 0.240. The first-order valence-corrected chi connectivity index (χ1v) is 8.90. The van der Waals surface area contributed by atoms with Gasteiger partial charge in [0.15, 0.2) is 0 Å². The number of rotatable bonds is 7. The summed E-state index contributed by atoms with van der Waals surface area (Å²) < 4.78 is 30.9. The van der Waals surface area contributed by atoms with Crippen LogP contribution in [0.3, 0.4) is 0 Å². The third-order valence-electron chi connectivity index (χ3n) is 3.41. The number of hydrogen-bond donors (Lipinski definition) is 2. The van der Waals surface area contributed by atoms with E-state index in [1.807, 2.05) is 6.07 Å². The monoisotopic (exact) mass is 351 g/mol. The number of hydrogen-bond acceptors (Lipinski definition) is 4. The Labute approximate surface area is 141 Å². The van der Waals surface area contributed by atoms with Crippen molar-refractivity contribution in [1.29, 1.82) is 0 Å². The summed E-state index contributed by atoms with van der Waals surface area (Å²) in [7, 11) is -0.607. The Morgan fingerprint density at radius 3 is 2.54 bits per heavy atom. The SMILES string of the molecule is CN(C)S(=O)(=O)c1ccccc1CNC(=O)NCCc1ccco1. The Bertz CT molecular complexity index is 770. The lowest BCUT2D eigenvalue weighted by atomic mass is 10.2. The van der Waals surface area contributed by atoms with Gasteiger partial charge >= 0.3 is 6.03 Å². The zero-order chi connectivity index (χ0) is 17.6. The maximum Gasteiger partial charge on any atom is 0.315 e. The maximum atomic E-state index is 12.3. The van der Waals surface area contributed by atoms with Gasteiger partial charge in [-0.15, -0.1) is 0 Å². The molecule has 1 aromatic carbocycles. The van der Waals surface area contributed by atoms with Crippen molar-refractivity contribution in [2.24, 2.45) is 0 Å². The van der Waals surface area contributed by atoms with Gasteiger partial charge < -0.3 is 15.1 Å². The van der Waals surface area contributed by atoms with Crippen LogP contribution in [0.25, 0.3) is 0 Å². The first-order valence-electron chi connectivity index (χ1n) is 7.46. The highest BCUT2D eigenvalue weighted by Crippen LogP contribution is 2.18. The van der Waals surface area contributed by atoms with Gasteiger partial charge in [-0.3, -0.25) is 0 Å². The fourth-order valence-electron chi connectivity index (χ4n) is 2.09. The normalized spacial score (nSPS) is 11.5.